The van der Waals surface area contributed by atoms with Gasteiger partial charge in [-0.05, 0) is 38.0 Å². The van der Waals surface area contributed by atoms with Gasteiger partial charge >= 0.3 is 6.18 Å². The Kier molecular flexibility index (Phi) is 4.94. The fraction of sp³-hybridized carbons (Fsp3) is 0.462. The number of rotatable bonds is 4. The number of carbonyl (C=O) groups excluding carboxylic acids is 1. The Labute approximate surface area is 109 Å². The first-order chi connectivity index (χ1) is 8.70. The highest BCUT2D eigenvalue weighted by Crippen LogP contribution is 2.33. The van der Waals surface area contributed by atoms with Gasteiger partial charge < -0.3 is 10.4 Å². The molecule has 0 radical (unpaired) electrons. The van der Waals surface area contributed by atoms with E-state index in [0.29, 0.717) is 0 Å². The van der Waals surface area contributed by atoms with Crippen LogP contribution in [0.2, 0.25) is 0 Å². The molecule has 1 amide bonds. The van der Waals surface area contributed by atoms with Crippen LogP contribution in [-0.4, -0.2) is 17.1 Å². The molecule has 6 heteroatoms. The third kappa shape index (κ3) is 4.90. The number of amides is 1. The van der Waals surface area contributed by atoms with Crippen LogP contribution in [0.4, 0.5) is 18.9 Å². The number of hydrogen-bond acceptors (Lipinski definition) is 2. The van der Waals surface area contributed by atoms with Crippen molar-refractivity contribution in [1.29, 1.82) is 0 Å². The van der Waals surface area contributed by atoms with Crippen molar-refractivity contribution in [2.75, 3.05) is 5.32 Å². The minimum Gasteiger partial charge on any atom is -0.393 e. The maximum atomic E-state index is 12.7. The number of alkyl halides is 3. The number of halogens is 3. The van der Waals surface area contributed by atoms with E-state index < -0.39 is 23.8 Å². The maximum Gasteiger partial charge on any atom is 0.416 e. The summed E-state index contributed by atoms with van der Waals surface area (Å²) in [5.41, 5.74) is -0.552. The number of aliphatic hydroxyl groups is 1. The van der Waals surface area contributed by atoms with E-state index in [4.69, 9.17) is 5.11 Å². The van der Waals surface area contributed by atoms with Gasteiger partial charge in [-0.15, -0.1) is 0 Å². The zero-order valence-corrected chi connectivity index (χ0v) is 10.7. The van der Waals surface area contributed by atoms with E-state index in [0.717, 1.165) is 6.07 Å². The Balaban J connectivity index is 2.78. The van der Waals surface area contributed by atoms with Gasteiger partial charge in [-0.25, -0.2) is 0 Å². The van der Waals surface area contributed by atoms with Crippen molar-refractivity contribution in [3.05, 3.63) is 29.3 Å². The SMILES string of the molecule is Cc1ccc(NC(=O)CCC(C)O)cc1C(F)(F)F. The second-order valence-electron chi connectivity index (χ2n) is 4.46. The first-order valence-electron chi connectivity index (χ1n) is 5.86. The first-order valence-corrected chi connectivity index (χ1v) is 5.86. The summed E-state index contributed by atoms with van der Waals surface area (Å²) in [6, 6.07) is 3.65. The Hall–Kier alpha value is -1.56. The molecule has 1 unspecified atom stereocenters. The molecule has 1 aromatic rings. The molecule has 0 fully saturated rings. The van der Waals surface area contributed by atoms with Crippen molar-refractivity contribution in [3.63, 3.8) is 0 Å². The number of anilines is 1. The molecule has 0 saturated carbocycles. The van der Waals surface area contributed by atoms with E-state index in [-0.39, 0.29) is 24.1 Å². The Bertz CT molecular complexity index is 456. The molecule has 19 heavy (non-hydrogen) atoms. The zero-order valence-electron chi connectivity index (χ0n) is 10.7. The monoisotopic (exact) mass is 275 g/mol. The van der Waals surface area contributed by atoms with Gasteiger partial charge in [0.1, 0.15) is 0 Å². The van der Waals surface area contributed by atoms with E-state index in [1.165, 1.54) is 19.1 Å². The highest BCUT2D eigenvalue weighted by atomic mass is 19.4. The topological polar surface area (TPSA) is 49.3 Å². The Morgan fingerprint density at radius 1 is 1.42 bits per heavy atom. The van der Waals surface area contributed by atoms with Crippen molar-refractivity contribution in [3.8, 4) is 0 Å². The number of aryl methyl sites for hydroxylation is 1. The highest BCUT2D eigenvalue weighted by Gasteiger charge is 2.32. The van der Waals surface area contributed by atoms with Gasteiger partial charge in [0, 0.05) is 12.1 Å². The third-order valence-corrected chi connectivity index (χ3v) is 2.62. The van der Waals surface area contributed by atoms with E-state index in [2.05, 4.69) is 5.32 Å². The molecular formula is C13H16F3NO2. The molecule has 0 bridgehead atoms. The fourth-order valence-corrected chi connectivity index (χ4v) is 1.57. The summed E-state index contributed by atoms with van der Waals surface area (Å²) >= 11 is 0. The fourth-order valence-electron chi connectivity index (χ4n) is 1.57. The molecule has 0 aliphatic rings. The molecule has 0 heterocycles. The van der Waals surface area contributed by atoms with E-state index in [1.807, 2.05) is 0 Å². The van der Waals surface area contributed by atoms with E-state index in [9.17, 15) is 18.0 Å². The number of benzene rings is 1. The van der Waals surface area contributed by atoms with Gasteiger partial charge in [-0.2, -0.15) is 13.2 Å². The number of carbonyl (C=O) groups is 1. The first kappa shape index (κ1) is 15.5. The van der Waals surface area contributed by atoms with Crippen LogP contribution in [0.25, 0.3) is 0 Å². The van der Waals surface area contributed by atoms with E-state index in [1.54, 1.807) is 6.92 Å². The number of hydrogen-bond donors (Lipinski definition) is 2. The number of nitrogens with one attached hydrogen (secondary N) is 1. The van der Waals surface area contributed by atoms with Crippen molar-refractivity contribution < 1.29 is 23.1 Å². The average Bonchev–Trinajstić information content (AvgIpc) is 2.27. The molecule has 2 N–H and O–H groups in total. The molecule has 3 nitrogen and oxygen atoms in total. The molecule has 1 atom stereocenters. The lowest BCUT2D eigenvalue weighted by atomic mass is 10.1. The number of aliphatic hydroxyl groups excluding tert-OH is 1. The molecule has 0 aromatic heterocycles. The smallest absolute Gasteiger partial charge is 0.393 e. The normalized spacial score (nSPS) is 13.2. The highest BCUT2D eigenvalue weighted by molar-refractivity contribution is 5.90. The Morgan fingerprint density at radius 3 is 2.58 bits per heavy atom. The molecule has 0 aliphatic carbocycles. The summed E-state index contributed by atoms with van der Waals surface area (Å²) in [4.78, 5) is 11.5. The van der Waals surface area contributed by atoms with E-state index >= 15 is 0 Å². The summed E-state index contributed by atoms with van der Waals surface area (Å²) < 4.78 is 38.0. The quantitative estimate of drug-likeness (QED) is 0.887. The summed E-state index contributed by atoms with van der Waals surface area (Å²) in [5, 5.41) is 11.4. The maximum absolute atomic E-state index is 12.7. The summed E-state index contributed by atoms with van der Waals surface area (Å²) in [6.07, 6.45) is -4.73. The lowest BCUT2D eigenvalue weighted by Gasteiger charge is -2.13. The van der Waals surface area contributed by atoms with Gasteiger partial charge in [0.25, 0.3) is 0 Å². The Morgan fingerprint density at radius 2 is 2.05 bits per heavy atom. The third-order valence-electron chi connectivity index (χ3n) is 2.62. The lowest BCUT2D eigenvalue weighted by molar-refractivity contribution is -0.138. The van der Waals surface area contributed by atoms with Crippen LogP contribution < -0.4 is 5.32 Å². The average molecular weight is 275 g/mol. The molecule has 0 aliphatic heterocycles. The lowest BCUT2D eigenvalue weighted by Crippen LogP contribution is -2.15. The van der Waals surface area contributed by atoms with Gasteiger partial charge in [-0.3, -0.25) is 4.79 Å². The van der Waals surface area contributed by atoms with Crippen molar-refractivity contribution in [2.24, 2.45) is 0 Å². The van der Waals surface area contributed by atoms with Crippen molar-refractivity contribution in [1.82, 2.24) is 0 Å². The van der Waals surface area contributed by atoms with Crippen molar-refractivity contribution >= 4 is 11.6 Å². The second-order valence-corrected chi connectivity index (χ2v) is 4.46. The summed E-state index contributed by atoms with van der Waals surface area (Å²) in [7, 11) is 0. The van der Waals surface area contributed by atoms with Crippen LogP contribution in [0, 0.1) is 6.92 Å². The predicted octanol–water partition coefficient (Wildman–Crippen LogP) is 3.11. The van der Waals surface area contributed by atoms with Gasteiger partial charge in [0.15, 0.2) is 0 Å². The van der Waals surface area contributed by atoms with Gasteiger partial charge in [0.2, 0.25) is 5.91 Å². The molecule has 1 aromatic carbocycles. The minimum absolute atomic E-state index is 0.0624. The van der Waals surface area contributed by atoms with Crippen LogP contribution in [-0.2, 0) is 11.0 Å². The van der Waals surface area contributed by atoms with Crippen LogP contribution in [0.15, 0.2) is 18.2 Å². The van der Waals surface area contributed by atoms with Crippen LogP contribution in [0.3, 0.4) is 0 Å². The molecule has 106 valence electrons. The molecule has 0 spiro atoms. The summed E-state index contributed by atoms with van der Waals surface area (Å²) in [6.45, 7) is 2.91. The van der Waals surface area contributed by atoms with Crippen LogP contribution in [0.1, 0.15) is 30.9 Å². The zero-order chi connectivity index (χ0) is 14.6. The molecule has 0 saturated heterocycles. The largest absolute Gasteiger partial charge is 0.416 e. The van der Waals surface area contributed by atoms with Gasteiger partial charge in [-0.1, -0.05) is 6.07 Å². The predicted molar refractivity (Wildman–Crippen MR) is 65.7 cm³/mol. The molecular weight excluding hydrogens is 259 g/mol. The minimum atomic E-state index is -4.44. The molecule has 1 rings (SSSR count). The standard InChI is InChI=1S/C13H16F3NO2/c1-8-3-5-10(7-11(8)13(14,15)16)17-12(19)6-4-9(2)18/h3,5,7,9,18H,4,6H2,1-2H3,(H,17,19). The van der Waals surface area contributed by atoms with Crippen LogP contribution >= 0.6 is 0 Å². The van der Waals surface area contributed by atoms with Crippen molar-refractivity contribution in [2.45, 2.75) is 39.0 Å². The van der Waals surface area contributed by atoms with Gasteiger partial charge in [0.05, 0.1) is 11.7 Å². The summed E-state index contributed by atoms with van der Waals surface area (Å²) in [5.74, 6) is -0.419. The van der Waals surface area contributed by atoms with Crippen LogP contribution in [0.5, 0.6) is 0 Å². The second kappa shape index (κ2) is 6.06.